The Morgan fingerprint density at radius 3 is 2.32 bits per heavy atom. The van der Waals surface area contributed by atoms with E-state index >= 15 is 0 Å². The third-order valence-electron chi connectivity index (χ3n) is 2.60. The summed E-state index contributed by atoms with van der Waals surface area (Å²) in [5.74, 6) is -1.82. The zero-order valence-corrected chi connectivity index (χ0v) is 11.3. The Bertz CT molecular complexity index is 334. The number of carbonyl (C=O) groups is 3. The summed E-state index contributed by atoms with van der Waals surface area (Å²) in [6, 6.07) is -1.74. The largest absolute Gasteiger partial charge is 0.480 e. The summed E-state index contributed by atoms with van der Waals surface area (Å²) < 4.78 is 0. The van der Waals surface area contributed by atoms with Crippen LogP contribution < -0.4 is 10.6 Å². The molecular weight excluding hydrogens is 254 g/mol. The first-order chi connectivity index (χ1) is 8.83. The lowest BCUT2D eigenvalue weighted by Gasteiger charge is -2.23. The minimum absolute atomic E-state index is 0.0695. The zero-order valence-electron chi connectivity index (χ0n) is 11.3. The van der Waals surface area contributed by atoms with Gasteiger partial charge in [-0.15, -0.1) is 0 Å². The number of aliphatic hydroxyl groups is 1. The highest BCUT2D eigenvalue weighted by atomic mass is 16.4. The van der Waals surface area contributed by atoms with Gasteiger partial charge in [0.1, 0.15) is 6.04 Å². The molecule has 0 aliphatic heterocycles. The standard InChI is InChI=1S/C11H21N3O5/c1-7(9(16)12-2)6-14(3)11(19)13-8(4-5-15)10(17)18/h7-8,15H,4-6H2,1-3H3,(H,12,16)(H,13,19)(H,17,18)/t7?,8-/m1/s1. The molecule has 0 aromatic carbocycles. The van der Waals surface area contributed by atoms with Crippen molar-refractivity contribution in [1.29, 1.82) is 0 Å². The predicted octanol–water partition coefficient (Wildman–Crippen LogP) is -1.15. The van der Waals surface area contributed by atoms with E-state index in [2.05, 4.69) is 10.6 Å². The molecule has 0 spiro atoms. The van der Waals surface area contributed by atoms with E-state index in [-0.39, 0.29) is 25.5 Å². The van der Waals surface area contributed by atoms with E-state index < -0.39 is 24.0 Å². The van der Waals surface area contributed by atoms with Crippen LogP contribution in [0.3, 0.4) is 0 Å². The number of aliphatic carboxylic acids is 1. The summed E-state index contributed by atoms with van der Waals surface area (Å²) in [5.41, 5.74) is 0. The molecule has 0 bridgehead atoms. The van der Waals surface area contributed by atoms with Gasteiger partial charge in [0, 0.05) is 33.7 Å². The number of nitrogens with zero attached hydrogens (tertiary/aromatic N) is 1. The number of rotatable bonds is 7. The minimum atomic E-state index is -1.21. The van der Waals surface area contributed by atoms with Gasteiger partial charge in [-0.1, -0.05) is 6.92 Å². The lowest BCUT2D eigenvalue weighted by atomic mass is 10.1. The maximum absolute atomic E-state index is 11.7. The molecule has 8 heteroatoms. The molecule has 0 radical (unpaired) electrons. The van der Waals surface area contributed by atoms with Crippen LogP contribution in [-0.2, 0) is 9.59 Å². The number of hydrogen-bond donors (Lipinski definition) is 4. The summed E-state index contributed by atoms with van der Waals surface area (Å²) in [7, 11) is 2.97. The van der Waals surface area contributed by atoms with E-state index in [9.17, 15) is 14.4 Å². The van der Waals surface area contributed by atoms with E-state index in [1.807, 2.05) is 0 Å². The molecule has 1 unspecified atom stereocenters. The SMILES string of the molecule is CNC(=O)C(C)CN(C)C(=O)N[C@H](CCO)C(=O)O. The second kappa shape index (κ2) is 8.30. The fraction of sp³-hybridized carbons (Fsp3) is 0.727. The smallest absolute Gasteiger partial charge is 0.326 e. The summed E-state index contributed by atoms with van der Waals surface area (Å²) in [5, 5.41) is 22.3. The predicted molar refractivity (Wildman–Crippen MR) is 67.5 cm³/mol. The topological polar surface area (TPSA) is 119 Å². The quantitative estimate of drug-likeness (QED) is 0.467. The Morgan fingerprint density at radius 1 is 1.32 bits per heavy atom. The Balaban J connectivity index is 4.40. The van der Waals surface area contributed by atoms with Crippen LogP contribution in [0, 0.1) is 5.92 Å². The Labute approximate surface area is 111 Å². The number of carboxylic acids is 1. The van der Waals surface area contributed by atoms with Gasteiger partial charge < -0.3 is 25.7 Å². The Hall–Kier alpha value is -1.83. The van der Waals surface area contributed by atoms with Crippen molar-refractivity contribution in [3.63, 3.8) is 0 Å². The monoisotopic (exact) mass is 275 g/mol. The number of carbonyl (C=O) groups excluding carboxylic acids is 2. The molecule has 19 heavy (non-hydrogen) atoms. The van der Waals surface area contributed by atoms with Crippen LogP contribution in [0.1, 0.15) is 13.3 Å². The summed E-state index contributed by atoms with van der Waals surface area (Å²) >= 11 is 0. The van der Waals surface area contributed by atoms with Crippen molar-refractivity contribution in [2.24, 2.45) is 5.92 Å². The van der Waals surface area contributed by atoms with Gasteiger partial charge >= 0.3 is 12.0 Å². The molecule has 0 fully saturated rings. The molecular formula is C11H21N3O5. The second-order valence-electron chi connectivity index (χ2n) is 4.25. The normalized spacial score (nSPS) is 13.3. The van der Waals surface area contributed by atoms with Crippen LogP contribution in [0.5, 0.6) is 0 Å². The van der Waals surface area contributed by atoms with Crippen molar-refractivity contribution >= 4 is 17.9 Å². The van der Waals surface area contributed by atoms with E-state index in [0.717, 1.165) is 0 Å². The van der Waals surface area contributed by atoms with Crippen LogP contribution in [-0.4, -0.2) is 66.3 Å². The van der Waals surface area contributed by atoms with Crippen LogP contribution in [0.25, 0.3) is 0 Å². The molecule has 0 aromatic rings. The summed E-state index contributed by atoms with van der Waals surface area (Å²) in [6.07, 6.45) is -0.0695. The van der Waals surface area contributed by atoms with Gasteiger partial charge in [-0.25, -0.2) is 9.59 Å². The van der Waals surface area contributed by atoms with E-state index in [1.54, 1.807) is 6.92 Å². The number of urea groups is 1. The highest BCUT2D eigenvalue weighted by Crippen LogP contribution is 2.00. The van der Waals surface area contributed by atoms with Crippen LogP contribution in [0.4, 0.5) is 4.79 Å². The number of hydrogen-bond acceptors (Lipinski definition) is 4. The van der Waals surface area contributed by atoms with Gasteiger partial charge in [0.15, 0.2) is 0 Å². The average Bonchev–Trinajstić information content (AvgIpc) is 2.36. The lowest BCUT2D eigenvalue weighted by molar-refractivity contribution is -0.139. The third-order valence-corrected chi connectivity index (χ3v) is 2.60. The second-order valence-corrected chi connectivity index (χ2v) is 4.25. The molecule has 4 N–H and O–H groups in total. The van der Waals surface area contributed by atoms with E-state index in [1.165, 1.54) is 19.0 Å². The van der Waals surface area contributed by atoms with Crippen molar-refractivity contribution < 1.29 is 24.6 Å². The molecule has 0 heterocycles. The number of nitrogens with one attached hydrogen (secondary N) is 2. The fourth-order valence-corrected chi connectivity index (χ4v) is 1.47. The molecule has 3 amide bonds. The fourth-order valence-electron chi connectivity index (χ4n) is 1.47. The minimum Gasteiger partial charge on any atom is -0.480 e. The number of amides is 3. The molecule has 8 nitrogen and oxygen atoms in total. The van der Waals surface area contributed by atoms with Crippen molar-refractivity contribution in [2.45, 2.75) is 19.4 Å². The van der Waals surface area contributed by atoms with Crippen molar-refractivity contribution in [3.05, 3.63) is 0 Å². The van der Waals surface area contributed by atoms with Gasteiger partial charge in [0.2, 0.25) is 5.91 Å². The molecule has 0 saturated carbocycles. The first-order valence-electron chi connectivity index (χ1n) is 5.90. The molecule has 2 atom stereocenters. The highest BCUT2D eigenvalue weighted by Gasteiger charge is 2.23. The molecule has 0 aliphatic carbocycles. The molecule has 0 aromatic heterocycles. The van der Waals surface area contributed by atoms with Crippen molar-refractivity contribution in [3.8, 4) is 0 Å². The van der Waals surface area contributed by atoms with Gasteiger partial charge in [0.05, 0.1) is 5.92 Å². The Kier molecular flexibility index (Phi) is 7.50. The van der Waals surface area contributed by atoms with Crippen molar-refractivity contribution in [2.75, 3.05) is 27.2 Å². The maximum atomic E-state index is 11.7. The van der Waals surface area contributed by atoms with Crippen molar-refractivity contribution in [1.82, 2.24) is 15.5 Å². The van der Waals surface area contributed by atoms with E-state index in [0.29, 0.717) is 0 Å². The zero-order chi connectivity index (χ0) is 15.0. The van der Waals surface area contributed by atoms with Gasteiger partial charge in [-0.2, -0.15) is 0 Å². The first kappa shape index (κ1) is 17.2. The number of aliphatic hydroxyl groups excluding tert-OH is 1. The Morgan fingerprint density at radius 2 is 1.89 bits per heavy atom. The third kappa shape index (κ3) is 6.05. The van der Waals surface area contributed by atoms with Gasteiger partial charge in [-0.05, 0) is 0 Å². The summed E-state index contributed by atoms with van der Waals surface area (Å²) in [6.45, 7) is 1.48. The first-order valence-corrected chi connectivity index (χ1v) is 5.90. The molecule has 110 valence electrons. The van der Waals surface area contributed by atoms with Crippen LogP contribution >= 0.6 is 0 Å². The molecule has 0 aliphatic rings. The lowest BCUT2D eigenvalue weighted by Crippen LogP contribution is -2.48. The van der Waals surface area contributed by atoms with Crippen LogP contribution in [0.15, 0.2) is 0 Å². The van der Waals surface area contributed by atoms with E-state index in [4.69, 9.17) is 10.2 Å². The maximum Gasteiger partial charge on any atom is 0.326 e. The summed E-state index contributed by atoms with van der Waals surface area (Å²) in [4.78, 5) is 35.1. The highest BCUT2D eigenvalue weighted by molar-refractivity contribution is 5.83. The molecule has 0 saturated heterocycles. The van der Waals surface area contributed by atoms with Crippen LogP contribution in [0.2, 0.25) is 0 Å². The average molecular weight is 275 g/mol. The van der Waals surface area contributed by atoms with Gasteiger partial charge in [0.25, 0.3) is 0 Å². The molecule has 0 rings (SSSR count). The van der Waals surface area contributed by atoms with Gasteiger partial charge in [-0.3, -0.25) is 4.79 Å². The number of carboxylic acid groups (broad SMARTS) is 1.